The summed E-state index contributed by atoms with van der Waals surface area (Å²) in [6.07, 6.45) is 5.61. The monoisotopic (exact) mass is 529 g/mol. The van der Waals surface area contributed by atoms with Crippen molar-refractivity contribution < 1.29 is 29.4 Å². The molecule has 15 nitrogen and oxygen atoms in total. The zero-order valence-electron chi connectivity index (χ0n) is 20.0. The molecule has 1 aromatic heterocycles. The number of nitrogens with one attached hydrogen (secondary N) is 4. The smallest absolute Gasteiger partial charge is 0.328 e. The normalized spacial score (nSPS) is 14.1. The summed E-state index contributed by atoms with van der Waals surface area (Å²) in [5.74, 6) is -3.08. The van der Waals surface area contributed by atoms with Crippen LogP contribution in [0.5, 0.6) is 0 Å². The molecule has 1 heterocycles. The number of hydrogen-bond acceptors (Lipinski definition) is 9. The van der Waals surface area contributed by atoms with Crippen molar-refractivity contribution in [2.45, 2.75) is 49.9 Å². The molecule has 0 radical (unpaired) electrons. The number of imidazole rings is 1. The highest BCUT2D eigenvalue weighted by Crippen LogP contribution is 2.06. The molecule has 16 heteroatoms. The van der Waals surface area contributed by atoms with Gasteiger partial charge in [0, 0.05) is 24.9 Å². The molecule has 0 aliphatic carbocycles. The molecular weight excluding hydrogens is 494 g/mol. The van der Waals surface area contributed by atoms with Gasteiger partial charge in [-0.3, -0.25) is 19.4 Å². The van der Waals surface area contributed by atoms with Gasteiger partial charge in [-0.05, 0) is 31.3 Å². The number of carbonyl (C=O) groups is 4. The summed E-state index contributed by atoms with van der Waals surface area (Å²) in [4.78, 5) is 60.1. The van der Waals surface area contributed by atoms with Crippen LogP contribution < -0.4 is 33.2 Å². The molecule has 0 aromatic carbocycles. The van der Waals surface area contributed by atoms with Crippen LogP contribution in [0, 0.1) is 0 Å². The fraction of sp³-hybridized carbons (Fsp3) is 0.600. The first-order chi connectivity index (χ1) is 17.1. The standard InChI is InChI=1S/C20H35N9O6S/c1-36-6-4-14(27-16(31)12(21)7-11-8-24-10-26-11)18(33)28-13(3-2-5-25-20(22)23)17(32)29-15(9-30)19(34)35/h8,10,12-15,30H,2-7,9,21H2,1H3,(H,24,26)(H,27,31)(H,28,33)(H,29,32)(H,34,35)(H4,22,23,25). The van der Waals surface area contributed by atoms with Gasteiger partial charge >= 0.3 is 5.97 Å². The van der Waals surface area contributed by atoms with Crippen LogP contribution in [0.2, 0.25) is 0 Å². The van der Waals surface area contributed by atoms with Crippen LogP contribution in [-0.4, -0.2) is 99.2 Å². The van der Waals surface area contributed by atoms with Gasteiger partial charge in [0.05, 0.1) is 19.0 Å². The number of aromatic nitrogens is 2. The Labute approximate surface area is 212 Å². The third-order valence-electron chi connectivity index (χ3n) is 4.95. The maximum atomic E-state index is 13.1. The summed E-state index contributed by atoms with van der Waals surface area (Å²) in [5, 5.41) is 25.7. The van der Waals surface area contributed by atoms with Gasteiger partial charge in [-0.2, -0.15) is 11.8 Å². The van der Waals surface area contributed by atoms with Crippen LogP contribution in [-0.2, 0) is 25.6 Å². The van der Waals surface area contributed by atoms with E-state index >= 15 is 0 Å². The number of H-pyrrole nitrogens is 1. The maximum absolute atomic E-state index is 13.1. The SMILES string of the molecule is CSCCC(NC(=O)C(N)Cc1cnc[nH]1)C(=O)NC(CCCN=C(N)N)C(=O)NC(CO)C(=O)O. The minimum absolute atomic E-state index is 0.0641. The first-order valence-electron chi connectivity index (χ1n) is 11.1. The molecule has 1 aromatic rings. The Balaban J connectivity index is 2.93. The molecule has 202 valence electrons. The van der Waals surface area contributed by atoms with Crippen LogP contribution >= 0.6 is 11.8 Å². The highest BCUT2D eigenvalue weighted by Gasteiger charge is 2.30. The Bertz CT molecular complexity index is 879. The summed E-state index contributed by atoms with van der Waals surface area (Å²) < 4.78 is 0. The minimum atomic E-state index is -1.55. The number of rotatable bonds is 17. The van der Waals surface area contributed by atoms with Crippen LogP contribution in [0.1, 0.15) is 25.0 Å². The third-order valence-corrected chi connectivity index (χ3v) is 5.59. The van der Waals surface area contributed by atoms with Crippen LogP contribution in [0.15, 0.2) is 17.5 Å². The van der Waals surface area contributed by atoms with Gasteiger partial charge in [-0.25, -0.2) is 9.78 Å². The lowest BCUT2D eigenvalue weighted by Gasteiger charge is -2.25. The lowest BCUT2D eigenvalue weighted by atomic mass is 10.1. The average molecular weight is 530 g/mol. The molecule has 1 rings (SSSR count). The lowest BCUT2D eigenvalue weighted by Crippen LogP contribution is -2.57. The van der Waals surface area contributed by atoms with E-state index in [9.17, 15) is 24.3 Å². The molecule has 12 N–H and O–H groups in total. The van der Waals surface area contributed by atoms with Crippen molar-refractivity contribution >= 4 is 41.4 Å². The lowest BCUT2D eigenvalue weighted by molar-refractivity contribution is -0.143. The van der Waals surface area contributed by atoms with E-state index in [4.69, 9.17) is 22.3 Å². The average Bonchev–Trinajstić information content (AvgIpc) is 3.34. The van der Waals surface area contributed by atoms with E-state index in [1.54, 1.807) is 0 Å². The van der Waals surface area contributed by atoms with Crippen molar-refractivity contribution in [3.05, 3.63) is 18.2 Å². The quantitative estimate of drug-likeness (QED) is 0.0545. The Hall–Kier alpha value is -3.37. The van der Waals surface area contributed by atoms with Gasteiger partial charge < -0.3 is 48.3 Å². The fourth-order valence-corrected chi connectivity index (χ4v) is 3.48. The fourth-order valence-electron chi connectivity index (χ4n) is 3.01. The van der Waals surface area contributed by atoms with E-state index in [2.05, 4.69) is 30.9 Å². The number of carboxylic acid groups (broad SMARTS) is 1. The number of aliphatic carboxylic acids is 1. The number of guanidine groups is 1. The molecule has 0 aliphatic heterocycles. The molecule has 36 heavy (non-hydrogen) atoms. The predicted molar refractivity (Wildman–Crippen MR) is 134 cm³/mol. The molecule has 0 saturated carbocycles. The number of aliphatic hydroxyl groups is 1. The van der Waals surface area contributed by atoms with Crippen LogP contribution in [0.3, 0.4) is 0 Å². The molecular formula is C20H35N9O6S. The van der Waals surface area contributed by atoms with Gasteiger partial charge in [-0.1, -0.05) is 0 Å². The van der Waals surface area contributed by atoms with Gasteiger partial charge in [0.1, 0.15) is 18.1 Å². The number of nitrogens with two attached hydrogens (primary N) is 3. The van der Waals surface area contributed by atoms with Gasteiger partial charge in [0.2, 0.25) is 17.7 Å². The Kier molecular flexibility index (Phi) is 13.9. The van der Waals surface area contributed by atoms with E-state index in [1.807, 2.05) is 6.26 Å². The number of aliphatic imine (C=N–C) groups is 1. The maximum Gasteiger partial charge on any atom is 0.328 e. The van der Waals surface area contributed by atoms with Crippen molar-refractivity contribution in [2.75, 3.05) is 25.2 Å². The van der Waals surface area contributed by atoms with Gasteiger partial charge in [0.15, 0.2) is 5.96 Å². The van der Waals surface area contributed by atoms with Crippen molar-refractivity contribution in [1.29, 1.82) is 0 Å². The molecule has 0 spiro atoms. The predicted octanol–water partition coefficient (Wildman–Crippen LogP) is -3.38. The van der Waals surface area contributed by atoms with E-state index < -0.39 is 54.5 Å². The second-order valence-electron chi connectivity index (χ2n) is 7.82. The largest absolute Gasteiger partial charge is 0.480 e. The topological polar surface area (TPSA) is 264 Å². The molecule has 0 aliphatic rings. The Morgan fingerprint density at radius 2 is 1.69 bits per heavy atom. The van der Waals surface area contributed by atoms with Crippen LogP contribution in [0.25, 0.3) is 0 Å². The zero-order valence-corrected chi connectivity index (χ0v) is 20.8. The van der Waals surface area contributed by atoms with Gasteiger partial charge in [-0.15, -0.1) is 0 Å². The number of aromatic amines is 1. The second-order valence-corrected chi connectivity index (χ2v) is 8.81. The molecule has 3 amide bonds. The third kappa shape index (κ3) is 11.4. The molecule has 0 bridgehead atoms. The highest BCUT2D eigenvalue weighted by molar-refractivity contribution is 7.98. The molecule has 0 saturated heterocycles. The summed E-state index contributed by atoms with van der Waals surface area (Å²) in [6, 6.07) is -4.68. The summed E-state index contributed by atoms with van der Waals surface area (Å²) in [6.45, 7) is -0.671. The van der Waals surface area contributed by atoms with Crippen LogP contribution in [0.4, 0.5) is 0 Å². The molecule has 4 unspecified atom stereocenters. The molecule has 4 atom stereocenters. The highest BCUT2D eigenvalue weighted by atomic mass is 32.2. The summed E-state index contributed by atoms with van der Waals surface area (Å²) >= 11 is 1.46. The number of hydrogen-bond donors (Lipinski definition) is 9. The number of nitrogens with zero attached hydrogens (tertiary/aromatic N) is 2. The number of carbonyl (C=O) groups excluding carboxylic acids is 3. The first kappa shape index (κ1) is 30.7. The first-order valence-corrected chi connectivity index (χ1v) is 12.5. The van der Waals surface area contributed by atoms with E-state index in [-0.39, 0.29) is 38.2 Å². The second kappa shape index (κ2) is 16.3. The Morgan fingerprint density at radius 1 is 1.08 bits per heavy atom. The summed E-state index contributed by atoms with van der Waals surface area (Å²) in [5.41, 5.74) is 17.2. The van der Waals surface area contributed by atoms with Crippen molar-refractivity contribution in [3.8, 4) is 0 Å². The summed E-state index contributed by atoms with van der Waals surface area (Å²) in [7, 11) is 0. The van der Waals surface area contributed by atoms with Crippen molar-refractivity contribution in [3.63, 3.8) is 0 Å². The number of thioether (sulfide) groups is 1. The van der Waals surface area contributed by atoms with Crippen molar-refractivity contribution in [1.82, 2.24) is 25.9 Å². The van der Waals surface area contributed by atoms with E-state index in [1.165, 1.54) is 24.3 Å². The molecule has 0 fully saturated rings. The van der Waals surface area contributed by atoms with E-state index in [0.717, 1.165) is 0 Å². The minimum Gasteiger partial charge on any atom is -0.480 e. The Morgan fingerprint density at radius 3 is 2.22 bits per heavy atom. The number of aliphatic hydroxyl groups excluding tert-OH is 1. The number of carboxylic acids is 1. The number of amides is 3. The van der Waals surface area contributed by atoms with E-state index in [0.29, 0.717) is 11.4 Å². The van der Waals surface area contributed by atoms with Gasteiger partial charge in [0.25, 0.3) is 0 Å². The van der Waals surface area contributed by atoms with Crippen molar-refractivity contribution in [2.24, 2.45) is 22.2 Å². The zero-order chi connectivity index (χ0) is 27.1.